The number of para-hydroxylation sites is 1. The molecule has 0 spiro atoms. The van der Waals surface area contributed by atoms with E-state index in [0.29, 0.717) is 36.3 Å². The Balaban J connectivity index is 0.00000272. The zero-order valence-electron chi connectivity index (χ0n) is 17.5. The first-order chi connectivity index (χ1) is 14.6. The van der Waals surface area contributed by atoms with Crippen LogP contribution in [-0.4, -0.2) is 51.5 Å². The number of halogens is 1. The predicted octanol–water partition coefficient (Wildman–Crippen LogP) is 3.21. The number of nitrogens with one attached hydrogen (secondary N) is 2. The molecule has 3 heterocycles. The van der Waals surface area contributed by atoms with E-state index in [1.54, 1.807) is 17.4 Å². The third-order valence-electron chi connectivity index (χ3n) is 5.41. The summed E-state index contributed by atoms with van der Waals surface area (Å²) in [6.07, 6.45) is 3.94. The number of hydrogen-bond donors (Lipinski definition) is 2. The van der Waals surface area contributed by atoms with Gasteiger partial charge in [0.25, 0.3) is 10.0 Å². The van der Waals surface area contributed by atoms with E-state index in [4.69, 9.17) is 4.74 Å². The van der Waals surface area contributed by atoms with E-state index < -0.39 is 10.0 Å². The van der Waals surface area contributed by atoms with E-state index in [0.717, 1.165) is 36.3 Å². The Morgan fingerprint density at radius 1 is 1.16 bits per heavy atom. The Morgan fingerprint density at radius 2 is 1.94 bits per heavy atom. The first-order valence-corrected chi connectivity index (χ1v) is 12.6. The fourth-order valence-corrected chi connectivity index (χ4v) is 6.76. The number of thiophene rings is 1. The lowest BCUT2D eigenvalue weighted by Crippen LogP contribution is -2.41. The van der Waals surface area contributed by atoms with E-state index >= 15 is 0 Å². The molecule has 2 aliphatic rings. The van der Waals surface area contributed by atoms with E-state index in [1.807, 2.05) is 24.3 Å². The highest BCUT2D eigenvalue weighted by molar-refractivity contribution is 14.0. The van der Waals surface area contributed by atoms with Gasteiger partial charge in [0.05, 0.1) is 13.1 Å². The van der Waals surface area contributed by atoms with Gasteiger partial charge < -0.3 is 15.4 Å². The Morgan fingerprint density at radius 3 is 2.68 bits per heavy atom. The van der Waals surface area contributed by atoms with Crippen molar-refractivity contribution in [3.8, 4) is 5.75 Å². The number of nitrogens with zero attached hydrogens (tertiary/aromatic N) is 2. The average Bonchev–Trinajstić information content (AvgIpc) is 3.41. The maximum Gasteiger partial charge on any atom is 0.252 e. The minimum absolute atomic E-state index is 0. The van der Waals surface area contributed by atoms with Crippen molar-refractivity contribution < 1.29 is 13.2 Å². The van der Waals surface area contributed by atoms with Crippen LogP contribution < -0.4 is 15.4 Å². The third kappa shape index (κ3) is 5.91. The largest absolute Gasteiger partial charge is 0.488 e. The number of sulfonamides is 1. The molecule has 7 nitrogen and oxygen atoms in total. The van der Waals surface area contributed by atoms with Crippen molar-refractivity contribution in [2.24, 2.45) is 4.99 Å². The molecular weight excluding hydrogens is 547 g/mol. The molecule has 0 aliphatic carbocycles. The van der Waals surface area contributed by atoms with Crippen LogP contribution in [0.2, 0.25) is 0 Å². The number of fused-ring (bicyclic) bond motifs is 1. The number of rotatable bonds is 6. The van der Waals surface area contributed by atoms with Crippen LogP contribution in [0.4, 0.5) is 0 Å². The fraction of sp³-hybridized carbons (Fsp3) is 0.476. The third-order valence-corrected chi connectivity index (χ3v) is 8.86. The molecule has 1 atom stereocenters. The quantitative estimate of drug-likeness (QED) is 0.314. The standard InChI is InChI=1S/C21H28N4O3S2.HI/c1-22-21(23-14-17-13-16-7-3-4-8-19(16)28-17)24-15-18-9-10-20(29-18)30(26,27)25-11-5-2-6-12-25;/h3-4,7-10,17H,2,5-6,11-15H2,1H3,(H2,22,23,24);1H. The van der Waals surface area contributed by atoms with Crippen LogP contribution in [-0.2, 0) is 23.0 Å². The molecule has 2 aliphatic heterocycles. The number of piperidine rings is 1. The van der Waals surface area contributed by atoms with Gasteiger partial charge in [-0.1, -0.05) is 24.6 Å². The fourth-order valence-electron chi connectivity index (χ4n) is 3.79. The Labute approximate surface area is 205 Å². The summed E-state index contributed by atoms with van der Waals surface area (Å²) in [4.78, 5) is 5.22. The first kappa shape index (κ1) is 24.3. The first-order valence-electron chi connectivity index (χ1n) is 10.3. The van der Waals surface area contributed by atoms with Gasteiger partial charge in [0.2, 0.25) is 0 Å². The van der Waals surface area contributed by atoms with Crippen LogP contribution in [0.5, 0.6) is 5.75 Å². The summed E-state index contributed by atoms with van der Waals surface area (Å²) in [7, 11) is -1.65. The zero-order chi connectivity index (χ0) is 21.0. The molecule has 0 amide bonds. The molecule has 0 bridgehead atoms. The van der Waals surface area contributed by atoms with Gasteiger partial charge in [-0.15, -0.1) is 35.3 Å². The summed E-state index contributed by atoms with van der Waals surface area (Å²) in [5.74, 6) is 1.62. The number of benzene rings is 1. The minimum Gasteiger partial charge on any atom is -0.488 e. The molecule has 4 rings (SSSR count). The van der Waals surface area contributed by atoms with Gasteiger partial charge in [-0.3, -0.25) is 4.99 Å². The van der Waals surface area contributed by atoms with Gasteiger partial charge in [-0.25, -0.2) is 8.42 Å². The Kier molecular flexibility index (Phi) is 8.59. The molecule has 1 aromatic carbocycles. The molecule has 2 N–H and O–H groups in total. The van der Waals surface area contributed by atoms with Crippen molar-refractivity contribution in [2.75, 3.05) is 26.7 Å². The maximum absolute atomic E-state index is 12.8. The van der Waals surface area contributed by atoms with E-state index in [9.17, 15) is 8.42 Å². The van der Waals surface area contributed by atoms with E-state index in [2.05, 4.69) is 21.7 Å². The van der Waals surface area contributed by atoms with Gasteiger partial charge in [-0.05, 0) is 36.6 Å². The lowest BCUT2D eigenvalue weighted by Gasteiger charge is -2.25. The lowest BCUT2D eigenvalue weighted by molar-refractivity contribution is 0.235. The Bertz CT molecular complexity index is 979. The van der Waals surface area contributed by atoms with Crippen molar-refractivity contribution in [1.29, 1.82) is 0 Å². The molecular formula is C21H29IN4O3S2. The normalized spacial score (nSPS) is 19.3. The molecule has 1 fully saturated rings. The number of guanidine groups is 1. The van der Waals surface area contributed by atoms with Gasteiger partial charge in [0, 0.05) is 31.4 Å². The highest BCUT2D eigenvalue weighted by Crippen LogP contribution is 2.28. The highest BCUT2D eigenvalue weighted by Gasteiger charge is 2.27. The molecule has 1 saturated heterocycles. The molecule has 1 unspecified atom stereocenters. The topological polar surface area (TPSA) is 83.0 Å². The molecule has 2 aromatic rings. The van der Waals surface area contributed by atoms with Crippen LogP contribution in [0.1, 0.15) is 29.7 Å². The van der Waals surface area contributed by atoms with Crippen LogP contribution in [0.3, 0.4) is 0 Å². The van der Waals surface area contributed by atoms with Crippen LogP contribution in [0.15, 0.2) is 45.6 Å². The number of ether oxygens (including phenoxy) is 1. The second-order valence-corrected chi connectivity index (χ2v) is 10.9. The molecule has 1 aromatic heterocycles. The number of aliphatic imine (C=N–C) groups is 1. The SMILES string of the molecule is CN=C(NCc1ccc(S(=O)(=O)N2CCCCC2)s1)NCC1Cc2ccccc2O1.I. The summed E-state index contributed by atoms with van der Waals surface area (Å²) < 4.78 is 33.6. The van der Waals surface area contributed by atoms with Gasteiger partial charge in [0.1, 0.15) is 16.1 Å². The second-order valence-electron chi connectivity index (χ2n) is 7.54. The van der Waals surface area contributed by atoms with Crippen LogP contribution in [0.25, 0.3) is 0 Å². The van der Waals surface area contributed by atoms with Crippen molar-refractivity contribution in [2.45, 2.75) is 42.5 Å². The monoisotopic (exact) mass is 576 g/mol. The highest BCUT2D eigenvalue weighted by atomic mass is 127. The molecule has 0 radical (unpaired) electrons. The molecule has 170 valence electrons. The summed E-state index contributed by atoms with van der Waals surface area (Å²) >= 11 is 1.32. The smallest absolute Gasteiger partial charge is 0.252 e. The minimum atomic E-state index is -3.37. The molecule has 0 saturated carbocycles. The van der Waals surface area contributed by atoms with Crippen molar-refractivity contribution >= 4 is 51.3 Å². The van der Waals surface area contributed by atoms with Crippen LogP contribution in [0, 0.1) is 0 Å². The van der Waals surface area contributed by atoms with Crippen molar-refractivity contribution in [1.82, 2.24) is 14.9 Å². The summed E-state index contributed by atoms with van der Waals surface area (Å²) in [5.41, 5.74) is 1.23. The summed E-state index contributed by atoms with van der Waals surface area (Å²) in [6.45, 7) is 2.41. The predicted molar refractivity (Wildman–Crippen MR) is 135 cm³/mol. The van der Waals surface area contributed by atoms with Crippen LogP contribution >= 0.6 is 35.3 Å². The van der Waals surface area contributed by atoms with E-state index in [-0.39, 0.29) is 30.1 Å². The number of hydrogen-bond acceptors (Lipinski definition) is 5. The van der Waals surface area contributed by atoms with Gasteiger partial charge >= 0.3 is 0 Å². The van der Waals surface area contributed by atoms with Crippen molar-refractivity contribution in [3.63, 3.8) is 0 Å². The zero-order valence-corrected chi connectivity index (χ0v) is 21.5. The summed E-state index contributed by atoms with van der Waals surface area (Å²) in [5, 5.41) is 6.56. The van der Waals surface area contributed by atoms with E-state index in [1.165, 1.54) is 16.9 Å². The Hall–Kier alpha value is -1.37. The average molecular weight is 577 g/mol. The van der Waals surface area contributed by atoms with Gasteiger partial charge in [-0.2, -0.15) is 4.31 Å². The molecule has 10 heteroatoms. The summed E-state index contributed by atoms with van der Waals surface area (Å²) in [6, 6.07) is 11.7. The van der Waals surface area contributed by atoms with Crippen molar-refractivity contribution in [3.05, 3.63) is 46.8 Å². The second kappa shape index (κ2) is 11.0. The lowest BCUT2D eigenvalue weighted by atomic mass is 10.1. The molecule has 31 heavy (non-hydrogen) atoms. The van der Waals surface area contributed by atoms with Gasteiger partial charge in [0.15, 0.2) is 5.96 Å². The maximum atomic E-state index is 12.8.